The average Bonchev–Trinajstić information content (AvgIpc) is 2.55. The maximum absolute atomic E-state index is 6.63. The Kier molecular flexibility index (Phi) is 3.44. The number of nitrogens with one attached hydrogen (secondary N) is 1. The first-order chi connectivity index (χ1) is 8.59. The maximum Gasteiger partial charge on any atom is 0.0810 e. The molecule has 3 aliphatic rings. The van der Waals surface area contributed by atoms with E-state index in [4.69, 9.17) is 4.74 Å². The van der Waals surface area contributed by atoms with Crippen LogP contribution in [0.3, 0.4) is 0 Å². The van der Waals surface area contributed by atoms with Crippen LogP contribution in [-0.4, -0.2) is 24.3 Å². The van der Waals surface area contributed by atoms with Gasteiger partial charge < -0.3 is 10.1 Å². The van der Waals surface area contributed by atoms with Crippen molar-refractivity contribution in [3.05, 3.63) is 0 Å². The van der Waals surface area contributed by atoms with Crippen molar-refractivity contribution in [3.8, 4) is 0 Å². The highest BCUT2D eigenvalue weighted by Crippen LogP contribution is 2.42. The summed E-state index contributed by atoms with van der Waals surface area (Å²) in [6, 6.07) is 0.614. The molecule has 2 unspecified atom stereocenters. The Bertz CT molecular complexity index is 291. The fourth-order valence-corrected chi connectivity index (χ4v) is 4.26. The zero-order chi connectivity index (χ0) is 12.6. The van der Waals surface area contributed by atoms with E-state index in [1.807, 2.05) is 0 Å². The third-order valence-electron chi connectivity index (χ3n) is 5.43. The Morgan fingerprint density at radius 1 is 1.00 bits per heavy atom. The van der Waals surface area contributed by atoms with E-state index >= 15 is 0 Å². The van der Waals surface area contributed by atoms with Crippen LogP contribution in [-0.2, 0) is 4.74 Å². The molecule has 1 heterocycles. The summed E-state index contributed by atoms with van der Waals surface area (Å²) in [7, 11) is 0. The highest BCUT2D eigenvalue weighted by molar-refractivity contribution is 4.99. The monoisotopic (exact) mass is 251 g/mol. The van der Waals surface area contributed by atoms with Crippen LogP contribution in [0.4, 0.5) is 0 Å². The van der Waals surface area contributed by atoms with E-state index in [0.29, 0.717) is 17.6 Å². The number of ether oxygens (including phenoxy) is 1. The quantitative estimate of drug-likeness (QED) is 0.709. The van der Waals surface area contributed by atoms with Gasteiger partial charge in [-0.1, -0.05) is 39.5 Å². The normalized spacial score (nSPS) is 39.0. The van der Waals surface area contributed by atoms with Crippen LogP contribution in [0, 0.1) is 5.41 Å². The second kappa shape index (κ2) is 4.79. The Hall–Kier alpha value is -0.0800. The number of rotatable bonds is 0. The summed E-state index contributed by atoms with van der Waals surface area (Å²) in [5.41, 5.74) is 0.699. The first-order valence-corrected chi connectivity index (χ1v) is 8.00. The van der Waals surface area contributed by atoms with E-state index in [0.717, 1.165) is 6.54 Å². The molecule has 1 spiro atoms. The van der Waals surface area contributed by atoms with Crippen molar-refractivity contribution in [1.29, 1.82) is 0 Å². The number of hydrogen-bond acceptors (Lipinski definition) is 2. The average molecular weight is 251 g/mol. The Morgan fingerprint density at radius 3 is 2.44 bits per heavy atom. The third-order valence-corrected chi connectivity index (χ3v) is 5.43. The molecule has 1 aliphatic heterocycles. The van der Waals surface area contributed by atoms with E-state index in [9.17, 15) is 0 Å². The Morgan fingerprint density at radius 2 is 1.72 bits per heavy atom. The SMILES string of the molecule is CC1(C)CCC2OC3(CCCCCC3)CNC2C1. The van der Waals surface area contributed by atoms with Crippen LogP contribution >= 0.6 is 0 Å². The second-order valence-electron chi connectivity index (χ2n) is 7.65. The minimum atomic E-state index is 0.194. The molecule has 0 amide bonds. The van der Waals surface area contributed by atoms with Gasteiger partial charge in [0.25, 0.3) is 0 Å². The molecule has 1 N–H and O–H groups in total. The van der Waals surface area contributed by atoms with E-state index in [2.05, 4.69) is 19.2 Å². The van der Waals surface area contributed by atoms with Crippen molar-refractivity contribution >= 4 is 0 Å². The summed E-state index contributed by atoms with van der Waals surface area (Å²) < 4.78 is 6.63. The lowest BCUT2D eigenvalue weighted by Crippen LogP contribution is -2.61. The topological polar surface area (TPSA) is 21.3 Å². The zero-order valence-electron chi connectivity index (χ0n) is 12.1. The number of morpholine rings is 1. The van der Waals surface area contributed by atoms with Crippen molar-refractivity contribution in [2.24, 2.45) is 5.41 Å². The third kappa shape index (κ3) is 2.60. The van der Waals surface area contributed by atoms with Crippen LogP contribution in [0.2, 0.25) is 0 Å². The van der Waals surface area contributed by atoms with Crippen LogP contribution in [0.1, 0.15) is 71.6 Å². The Balaban J connectivity index is 1.67. The van der Waals surface area contributed by atoms with Crippen LogP contribution in [0.5, 0.6) is 0 Å². The van der Waals surface area contributed by atoms with Gasteiger partial charge in [0.1, 0.15) is 0 Å². The molecule has 0 aromatic heterocycles. The minimum absolute atomic E-state index is 0.194. The molecule has 2 heteroatoms. The summed E-state index contributed by atoms with van der Waals surface area (Å²) in [4.78, 5) is 0. The van der Waals surface area contributed by atoms with Gasteiger partial charge in [0, 0.05) is 12.6 Å². The lowest BCUT2D eigenvalue weighted by molar-refractivity contribution is -0.161. The van der Waals surface area contributed by atoms with Gasteiger partial charge >= 0.3 is 0 Å². The molecule has 1 saturated heterocycles. The molecule has 104 valence electrons. The van der Waals surface area contributed by atoms with Crippen LogP contribution in [0.25, 0.3) is 0 Å². The van der Waals surface area contributed by atoms with Gasteiger partial charge in [-0.2, -0.15) is 0 Å². The molecule has 3 rings (SSSR count). The van der Waals surface area contributed by atoms with Gasteiger partial charge in [-0.05, 0) is 37.5 Å². The molecule has 2 atom stereocenters. The highest BCUT2D eigenvalue weighted by Gasteiger charge is 2.45. The van der Waals surface area contributed by atoms with Gasteiger partial charge in [-0.3, -0.25) is 0 Å². The zero-order valence-corrected chi connectivity index (χ0v) is 12.1. The van der Waals surface area contributed by atoms with E-state index < -0.39 is 0 Å². The first kappa shape index (κ1) is 12.9. The van der Waals surface area contributed by atoms with Crippen molar-refractivity contribution in [2.45, 2.75) is 89.4 Å². The standard InChI is InChI=1S/C16H29NO/c1-15(2)10-7-14-13(11-15)17-12-16(18-14)8-5-3-4-6-9-16/h13-14,17H,3-12H2,1-2H3. The van der Waals surface area contributed by atoms with Crippen molar-refractivity contribution in [2.75, 3.05) is 6.54 Å². The summed E-state index contributed by atoms with van der Waals surface area (Å²) in [5.74, 6) is 0. The summed E-state index contributed by atoms with van der Waals surface area (Å²) in [6.07, 6.45) is 12.5. The van der Waals surface area contributed by atoms with E-state index in [1.54, 1.807) is 0 Å². The molecule has 3 fully saturated rings. The summed E-state index contributed by atoms with van der Waals surface area (Å²) >= 11 is 0. The largest absolute Gasteiger partial charge is 0.369 e. The fraction of sp³-hybridized carbons (Fsp3) is 1.00. The van der Waals surface area contributed by atoms with Gasteiger partial charge in [0.05, 0.1) is 11.7 Å². The molecule has 2 saturated carbocycles. The number of fused-ring (bicyclic) bond motifs is 1. The van der Waals surface area contributed by atoms with Gasteiger partial charge in [0.2, 0.25) is 0 Å². The molecule has 2 aliphatic carbocycles. The summed E-state index contributed by atoms with van der Waals surface area (Å²) in [6.45, 7) is 5.91. The summed E-state index contributed by atoms with van der Waals surface area (Å²) in [5, 5.41) is 3.84. The smallest absolute Gasteiger partial charge is 0.0810 e. The van der Waals surface area contributed by atoms with E-state index in [1.165, 1.54) is 57.8 Å². The second-order valence-corrected chi connectivity index (χ2v) is 7.65. The Labute approximate surface area is 112 Å². The molecule has 2 nitrogen and oxygen atoms in total. The lowest BCUT2D eigenvalue weighted by Gasteiger charge is -2.50. The fourth-order valence-electron chi connectivity index (χ4n) is 4.26. The minimum Gasteiger partial charge on any atom is -0.369 e. The first-order valence-electron chi connectivity index (χ1n) is 8.00. The molecule has 0 radical (unpaired) electrons. The highest BCUT2D eigenvalue weighted by atomic mass is 16.5. The number of hydrogen-bond donors (Lipinski definition) is 1. The van der Waals surface area contributed by atoms with Crippen LogP contribution < -0.4 is 5.32 Å². The maximum atomic E-state index is 6.63. The van der Waals surface area contributed by atoms with Crippen molar-refractivity contribution in [1.82, 2.24) is 5.32 Å². The lowest BCUT2D eigenvalue weighted by atomic mass is 9.72. The molecule has 0 aromatic rings. The van der Waals surface area contributed by atoms with Crippen LogP contribution in [0.15, 0.2) is 0 Å². The molecule has 18 heavy (non-hydrogen) atoms. The predicted molar refractivity (Wildman–Crippen MR) is 74.7 cm³/mol. The van der Waals surface area contributed by atoms with Gasteiger partial charge in [-0.15, -0.1) is 0 Å². The molecule has 0 bridgehead atoms. The van der Waals surface area contributed by atoms with Gasteiger partial charge in [0.15, 0.2) is 0 Å². The van der Waals surface area contributed by atoms with E-state index in [-0.39, 0.29) is 5.60 Å². The molecular formula is C16H29NO. The van der Waals surface area contributed by atoms with Crippen molar-refractivity contribution < 1.29 is 4.74 Å². The molecule has 0 aromatic carbocycles. The molecular weight excluding hydrogens is 222 g/mol. The predicted octanol–water partition coefficient (Wildman–Crippen LogP) is 3.65. The van der Waals surface area contributed by atoms with Crippen molar-refractivity contribution in [3.63, 3.8) is 0 Å². The van der Waals surface area contributed by atoms with Gasteiger partial charge in [-0.25, -0.2) is 0 Å².